The molecule has 2 saturated heterocycles. The van der Waals surface area contributed by atoms with E-state index in [4.69, 9.17) is 10.6 Å². The van der Waals surface area contributed by atoms with Gasteiger partial charge in [0.15, 0.2) is 12.3 Å². The van der Waals surface area contributed by atoms with Crippen molar-refractivity contribution in [2.45, 2.75) is 101 Å². The number of carboxylic acids is 1. The molecule has 4 fully saturated rings. The number of aromatic nitrogens is 2. The van der Waals surface area contributed by atoms with Crippen molar-refractivity contribution in [2.24, 2.45) is 22.7 Å². The minimum atomic E-state index is -1.46. The maximum atomic E-state index is 14.0. The van der Waals surface area contributed by atoms with E-state index in [0.717, 1.165) is 37.5 Å². The number of para-hydroxylation sites is 2. The number of carboxylic acid groups (broad SMARTS) is 1. The number of aliphatic carboxylic acids is 1. The fraction of sp³-hybridized carbons (Fsp3) is 0.633. The van der Waals surface area contributed by atoms with Crippen LogP contribution in [0.2, 0.25) is 0 Å². The van der Waals surface area contributed by atoms with Crippen molar-refractivity contribution in [1.29, 1.82) is 0 Å². The van der Waals surface area contributed by atoms with Gasteiger partial charge in [0.05, 0.1) is 11.0 Å². The smallest absolute Gasteiger partial charge is 0.360 e. The number of amides is 1. The minimum Gasteiger partial charge on any atom is -0.476 e. The van der Waals surface area contributed by atoms with Gasteiger partial charge in [-0.15, -0.1) is 0 Å². The van der Waals surface area contributed by atoms with E-state index in [-0.39, 0.29) is 11.7 Å². The zero-order valence-corrected chi connectivity index (χ0v) is 22.9. The zero-order chi connectivity index (χ0) is 27.8. The van der Waals surface area contributed by atoms with Crippen LogP contribution in [0.25, 0.3) is 11.0 Å². The lowest BCUT2D eigenvalue weighted by molar-refractivity contribution is -0.130. The molecule has 0 spiro atoms. The number of rotatable bonds is 7. The molecule has 1 amide bonds. The molecule has 2 aromatic rings. The van der Waals surface area contributed by atoms with Crippen LogP contribution in [-0.2, 0) is 14.4 Å². The number of hydrogen-bond donors (Lipinski definition) is 2. The van der Waals surface area contributed by atoms with Gasteiger partial charge in [-0.2, -0.15) is 0 Å². The van der Waals surface area contributed by atoms with Crippen molar-refractivity contribution in [3.8, 4) is 0 Å². The molecule has 4 atom stereocenters. The van der Waals surface area contributed by atoms with Crippen molar-refractivity contribution < 1.29 is 19.5 Å². The van der Waals surface area contributed by atoms with Gasteiger partial charge in [-0.3, -0.25) is 14.5 Å². The Bertz CT molecular complexity index is 1340. The molecule has 6 rings (SSSR count). The summed E-state index contributed by atoms with van der Waals surface area (Å²) in [7, 11) is 0. The van der Waals surface area contributed by atoms with Gasteiger partial charge in [0, 0.05) is 24.2 Å². The molecular formula is C30H39N5O5. The first-order valence-corrected chi connectivity index (χ1v) is 14.9. The summed E-state index contributed by atoms with van der Waals surface area (Å²) in [4.78, 5) is 49.3. The van der Waals surface area contributed by atoms with Gasteiger partial charge in [0.2, 0.25) is 5.71 Å². The van der Waals surface area contributed by atoms with E-state index in [1.165, 1.54) is 51.4 Å². The summed E-state index contributed by atoms with van der Waals surface area (Å²) >= 11 is 0. The van der Waals surface area contributed by atoms with Gasteiger partial charge in [-0.25, -0.2) is 9.78 Å². The molecule has 0 radical (unpaired) electrons. The number of fused-ring (bicyclic) bond motifs is 5. The number of nitrogens with two attached hydrogens (primary N) is 1. The molecule has 2 aliphatic carbocycles. The van der Waals surface area contributed by atoms with Gasteiger partial charge in [0.25, 0.3) is 11.5 Å². The first kappa shape index (κ1) is 26.9. The second-order valence-electron chi connectivity index (χ2n) is 12.3. The van der Waals surface area contributed by atoms with Gasteiger partial charge < -0.3 is 20.2 Å². The Morgan fingerprint density at radius 1 is 0.925 bits per heavy atom. The van der Waals surface area contributed by atoms with Gasteiger partial charge in [-0.05, 0) is 68.9 Å². The largest absolute Gasteiger partial charge is 0.476 e. The summed E-state index contributed by atoms with van der Waals surface area (Å²) in [5.74, 6) is -0.552. The van der Waals surface area contributed by atoms with Crippen LogP contribution >= 0.6 is 0 Å². The van der Waals surface area contributed by atoms with E-state index in [9.17, 15) is 19.5 Å². The Hall–Kier alpha value is -3.27. The average Bonchev–Trinajstić information content (AvgIpc) is 3.09. The number of benzene rings is 1. The number of carbonyl (C=O) groups excluding carboxylic acids is 1. The van der Waals surface area contributed by atoms with Crippen molar-refractivity contribution >= 4 is 28.6 Å². The molecule has 40 heavy (non-hydrogen) atoms. The SMILES string of the molecule is NC(=O)CON=C(C(=O)O)c1nc2ccccc2n(C2CC3CCCC(C2)N3C2CC3CCCCC(C3)C2)c1=O. The standard InChI is InChI=1S/C30H39N5O5/c31-26(36)17-40-33-28(30(38)39)27-29(37)35(25-11-4-3-10-24(25)32-27)23-15-20-8-5-9-21(16-23)34(20)22-13-18-6-1-2-7-19(12-18)14-22/h3-4,10-11,18-23H,1-2,5-9,12-17H2,(H2,31,36)(H,38,39). The summed E-state index contributed by atoms with van der Waals surface area (Å²) in [5, 5.41) is 13.5. The highest BCUT2D eigenvalue weighted by Gasteiger charge is 2.45. The third kappa shape index (κ3) is 5.25. The van der Waals surface area contributed by atoms with Crippen LogP contribution < -0.4 is 11.3 Å². The highest BCUT2D eigenvalue weighted by molar-refractivity contribution is 6.41. The van der Waals surface area contributed by atoms with Gasteiger partial charge in [0.1, 0.15) is 0 Å². The van der Waals surface area contributed by atoms with Crippen molar-refractivity contribution in [1.82, 2.24) is 14.5 Å². The van der Waals surface area contributed by atoms with Crippen LogP contribution in [-0.4, -0.2) is 61.9 Å². The first-order valence-electron chi connectivity index (χ1n) is 14.9. The molecule has 2 aliphatic heterocycles. The second-order valence-corrected chi connectivity index (χ2v) is 12.3. The lowest BCUT2D eigenvalue weighted by Gasteiger charge is -2.54. The van der Waals surface area contributed by atoms with Crippen LogP contribution in [0.3, 0.4) is 0 Å². The Labute approximate surface area is 233 Å². The van der Waals surface area contributed by atoms with Crippen LogP contribution in [0.5, 0.6) is 0 Å². The molecule has 3 N–H and O–H groups in total. The van der Waals surface area contributed by atoms with Crippen molar-refractivity contribution in [3.63, 3.8) is 0 Å². The number of nitrogens with zero attached hydrogens (tertiary/aromatic N) is 4. The highest BCUT2D eigenvalue weighted by Crippen LogP contribution is 2.47. The van der Waals surface area contributed by atoms with E-state index < -0.39 is 29.8 Å². The second kappa shape index (κ2) is 11.3. The number of carbonyl (C=O) groups is 2. The molecule has 4 aliphatic rings. The average molecular weight is 550 g/mol. The van der Waals surface area contributed by atoms with Crippen LogP contribution in [0.4, 0.5) is 0 Å². The minimum absolute atomic E-state index is 0.0712. The van der Waals surface area contributed by atoms with E-state index in [0.29, 0.717) is 29.2 Å². The van der Waals surface area contributed by atoms with Gasteiger partial charge in [-0.1, -0.05) is 49.4 Å². The lowest BCUT2D eigenvalue weighted by Crippen LogP contribution is -2.58. The topological polar surface area (TPSA) is 140 Å². The lowest BCUT2D eigenvalue weighted by atomic mass is 9.73. The molecule has 4 unspecified atom stereocenters. The van der Waals surface area contributed by atoms with Crippen molar-refractivity contribution in [3.05, 3.63) is 40.3 Å². The van der Waals surface area contributed by atoms with E-state index in [1.807, 2.05) is 18.2 Å². The number of hydrogen-bond acceptors (Lipinski definition) is 7. The highest BCUT2D eigenvalue weighted by atomic mass is 16.6. The monoisotopic (exact) mass is 549 g/mol. The molecule has 10 heteroatoms. The zero-order valence-electron chi connectivity index (χ0n) is 22.9. The molecule has 2 saturated carbocycles. The quantitative estimate of drug-likeness (QED) is 0.397. The summed E-state index contributed by atoms with van der Waals surface area (Å²) in [6.07, 6.45) is 14.7. The normalized spacial score (nSPS) is 30.9. The Balaban J connectivity index is 1.35. The fourth-order valence-electron chi connectivity index (χ4n) is 8.32. The third-order valence-electron chi connectivity index (χ3n) is 9.73. The summed E-state index contributed by atoms with van der Waals surface area (Å²) in [6, 6.07) is 8.73. The molecule has 1 aromatic heterocycles. The Morgan fingerprint density at radius 2 is 1.60 bits per heavy atom. The molecule has 214 valence electrons. The Morgan fingerprint density at radius 3 is 2.25 bits per heavy atom. The predicted molar refractivity (Wildman–Crippen MR) is 150 cm³/mol. The van der Waals surface area contributed by atoms with Crippen LogP contribution in [0.1, 0.15) is 88.8 Å². The maximum Gasteiger partial charge on any atom is 0.360 e. The molecule has 3 heterocycles. The molecular weight excluding hydrogens is 510 g/mol. The maximum absolute atomic E-state index is 14.0. The van der Waals surface area contributed by atoms with E-state index >= 15 is 0 Å². The number of primary amides is 1. The van der Waals surface area contributed by atoms with Crippen molar-refractivity contribution in [2.75, 3.05) is 6.61 Å². The van der Waals surface area contributed by atoms with Crippen LogP contribution in [0, 0.1) is 11.8 Å². The first-order chi connectivity index (χ1) is 19.4. The third-order valence-corrected chi connectivity index (χ3v) is 9.73. The summed E-state index contributed by atoms with van der Waals surface area (Å²) < 4.78 is 1.76. The predicted octanol–water partition coefficient (Wildman–Crippen LogP) is 3.60. The van der Waals surface area contributed by atoms with E-state index in [1.54, 1.807) is 10.6 Å². The molecule has 4 bridgehead atoms. The number of piperidine rings is 2. The summed E-state index contributed by atoms with van der Waals surface area (Å²) in [5.41, 5.74) is 4.89. The Kier molecular flexibility index (Phi) is 7.61. The molecule has 10 nitrogen and oxygen atoms in total. The summed E-state index contributed by atoms with van der Waals surface area (Å²) in [6.45, 7) is -0.594. The molecule has 1 aromatic carbocycles. The number of oxime groups is 1. The van der Waals surface area contributed by atoms with Crippen LogP contribution in [0.15, 0.2) is 34.2 Å². The van der Waals surface area contributed by atoms with Gasteiger partial charge >= 0.3 is 5.97 Å². The van der Waals surface area contributed by atoms with E-state index in [2.05, 4.69) is 15.0 Å². The fourth-order valence-corrected chi connectivity index (χ4v) is 8.32.